The van der Waals surface area contributed by atoms with Crippen molar-refractivity contribution < 1.29 is 13.9 Å². The highest BCUT2D eigenvalue weighted by atomic mass is 127. The third-order valence-electron chi connectivity index (χ3n) is 4.46. The topological polar surface area (TPSA) is 63.8 Å². The molecule has 1 amide bonds. The highest BCUT2D eigenvalue weighted by Crippen LogP contribution is 2.23. The van der Waals surface area contributed by atoms with E-state index in [4.69, 9.17) is 9.15 Å². The fourth-order valence-corrected chi connectivity index (χ4v) is 3.69. The second-order valence-corrected chi connectivity index (χ2v) is 7.98. The standard InChI is InChI=1S/C24H19IN2O3/c1-16-5-4-6-18(11-16)15-29-22-10-9-17(12-20(22)25)14-26-27-24(28)23-13-19-7-2-3-8-21(19)30-23/h2-14H,15H2,1H3,(H,27,28)/b26-14+. The average Bonchev–Trinajstić information content (AvgIpc) is 3.18. The number of hydrazone groups is 1. The van der Waals surface area contributed by atoms with Gasteiger partial charge in [0.1, 0.15) is 17.9 Å². The number of rotatable bonds is 6. The Morgan fingerprint density at radius 2 is 1.97 bits per heavy atom. The molecular weight excluding hydrogens is 491 g/mol. The summed E-state index contributed by atoms with van der Waals surface area (Å²) < 4.78 is 12.4. The van der Waals surface area contributed by atoms with Crippen molar-refractivity contribution >= 4 is 45.7 Å². The van der Waals surface area contributed by atoms with Gasteiger partial charge in [-0.3, -0.25) is 4.79 Å². The number of nitrogens with zero attached hydrogens (tertiary/aromatic N) is 1. The first-order valence-corrected chi connectivity index (χ1v) is 10.5. The van der Waals surface area contributed by atoms with Crippen LogP contribution in [0.15, 0.2) is 82.3 Å². The van der Waals surface area contributed by atoms with Crippen LogP contribution < -0.4 is 10.2 Å². The van der Waals surface area contributed by atoms with E-state index in [1.807, 2.05) is 54.6 Å². The van der Waals surface area contributed by atoms with Crippen LogP contribution in [0.5, 0.6) is 5.75 Å². The molecule has 30 heavy (non-hydrogen) atoms. The van der Waals surface area contributed by atoms with E-state index in [0.717, 1.165) is 25.8 Å². The molecule has 0 fully saturated rings. The van der Waals surface area contributed by atoms with Crippen LogP contribution >= 0.6 is 22.6 Å². The predicted molar refractivity (Wildman–Crippen MR) is 126 cm³/mol. The minimum Gasteiger partial charge on any atom is -0.488 e. The first kappa shape index (κ1) is 20.2. The van der Waals surface area contributed by atoms with Crippen molar-refractivity contribution in [3.8, 4) is 5.75 Å². The van der Waals surface area contributed by atoms with Crippen molar-refractivity contribution in [1.29, 1.82) is 0 Å². The van der Waals surface area contributed by atoms with Gasteiger partial charge in [-0.25, -0.2) is 5.43 Å². The molecular formula is C24H19IN2O3. The number of amides is 1. The lowest BCUT2D eigenvalue weighted by Crippen LogP contribution is -2.16. The number of furan rings is 1. The maximum absolute atomic E-state index is 12.2. The summed E-state index contributed by atoms with van der Waals surface area (Å²) in [6.45, 7) is 2.58. The summed E-state index contributed by atoms with van der Waals surface area (Å²) in [5.74, 6) is 0.638. The molecule has 150 valence electrons. The van der Waals surface area contributed by atoms with Crippen molar-refractivity contribution in [2.75, 3.05) is 0 Å². The number of aryl methyl sites for hydroxylation is 1. The quantitative estimate of drug-likeness (QED) is 0.206. The number of ether oxygens (including phenoxy) is 1. The van der Waals surface area contributed by atoms with Crippen LogP contribution in [0.4, 0.5) is 0 Å². The fraction of sp³-hybridized carbons (Fsp3) is 0.0833. The maximum atomic E-state index is 12.2. The molecule has 0 atom stereocenters. The summed E-state index contributed by atoms with van der Waals surface area (Å²) in [6, 6.07) is 23.2. The zero-order valence-corrected chi connectivity index (χ0v) is 18.4. The van der Waals surface area contributed by atoms with Crippen molar-refractivity contribution in [2.24, 2.45) is 5.10 Å². The highest BCUT2D eigenvalue weighted by molar-refractivity contribution is 14.1. The van der Waals surface area contributed by atoms with Crippen molar-refractivity contribution in [3.05, 3.63) is 98.8 Å². The minimum atomic E-state index is -0.393. The molecule has 4 rings (SSSR count). The molecule has 0 unspecified atom stereocenters. The number of carbonyl (C=O) groups is 1. The SMILES string of the molecule is Cc1cccc(COc2ccc(/C=N/NC(=O)c3cc4ccccc4o3)cc2I)c1. The van der Waals surface area contributed by atoms with Gasteiger partial charge in [0.15, 0.2) is 5.76 Å². The number of hydrogen-bond acceptors (Lipinski definition) is 4. The summed E-state index contributed by atoms with van der Waals surface area (Å²) in [5.41, 5.74) is 6.36. The second kappa shape index (κ2) is 9.13. The Bertz CT molecular complexity index is 1200. The zero-order chi connectivity index (χ0) is 20.9. The van der Waals surface area contributed by atoms with Crippen LogP contribution in [-0.2, 0) is 6.61 Å². The van der Waals surface area contributed by atoms with Crippen LogP contribution in [0.2, 0.25) is 0 Å². The number of fused-ring (bicyclic) bond motifs is 1. The molecule has 0 aliphatic heterocycles. The van der Waals surface area contributed by atoms with Gasteiger partial charge in [-0.05, 0) is 71.0 Å². The smallest absolute Gasteiger partial charge is 0.307 e. The van der Waals surface area contributed by atoms with Gasteiger partial charge in [0.25, 0.3) is 0 Å². The third-order valence-corrected chi connectivity index (χ3v) is 5.30. The molecule has 1 aromatic heterocycles. The number of para-hydroxylation sites is 1. The van der Waals surface area contributed by atoms with E-state index in [1.165, 1.54) is 5.56 Å². The molecule has 3 aromatic carbocycles. The van der Waals surface area contributed by atoms with Gasteiger partial charge < -0.3 is 9.15 Å². The van der Waals surface area contributed by atoms with Gasteiger partial charge >= 0.3 is 5.91 Å². The van der Waals surface area contributed by atoms with Crippen molar-refractivity contribution in [3.63, 3.8) is 0 Å². The Morgan fingerprint density at radius 1 is 1.10 bits per heavy atom. The number of halogens is 1. The van der Waals surface area contributed by atoms with E-state index in [9.17, 15) is 4.79 Å². The number of hydrogen-bond donors (Lipinski definition) is 1. The summed E-state index contributed by atoms with van der Waals surface area (Å²) >= 11 is 2.23. The molecule has 0 radical (unpaired) electrons. The minimum absolute atomic E-state index is 0.225. The molecule has 0 saturated heterocycles. The van der Waals surface area contributed by atoms with Gasteiger partial charge in [-0.15, -0.1) is 0 Å². The van der Waals surface area contributed by atoms with Gasteiger partial charge in [-0.2, -0.15) is 5.10 Å². The lowest BCUT2D eigenvalue weighted by Gasteiger charge is -2.09. The van der Waals surface area contributed by atoms with Crippen LogP contribution in [0.3, 0.4) is 0 Å². The normalized spacial score (nSPS) is 11.1. The molecule has 0 spiro atoms. The Labute approximate surface area is 187 Å². The maximum Gasteiger partial charge on any atom is 0.307 e. The van der Waals surface area contributed by atoms with E-state index in [1.54, 1.807) is 12.3 Å². The summed E-state index contributed by atoms with van der Waals surface area (Å²) in [4.78, 5) is 12.2. The fourth-order valence-electron chi connectivity index (χ4n) is 2.99. The summed E-state index contributed by atoms with van der Waals surface area (Å²) in [5, 5.41) is 4.91. The predicted octanol–water partition coefficient (Wildman–Crippen LogP) is 5.69. The van der Waals surface area contributed by atoms with Crippen molar-refractivity contribution in [1.82, 2.24) is 5.43 Å². The van der Waals surface area contributed by atoms with Gasteiger partial charge in [0.2, 0.25) is 0 Å². The lowest BCUT2D eigenvalue weighted by atomic mass is 10.1. The van der Waals surface area contributed by atoms with Gasteiger partial charge in [0.05, 0.1) is 9.78 Å². The molecule has 1 N–H and O–H groups in total. The molecule has 4 aromatic rings. The molecule has 1 heterocycles. The van der Waals surface area contributed by atoms with Crippen LogP contribution in [0.25, 0.3) is 11.0 Å². The zero-order valence-electron chi connectivity index (χ0n) is 16.3. The monoisotopic (exact) mass is 510 g/mol. The van der Waals surface area contributed by atoms with Crippen LogP contribution in [0.1, 0.15) is 27.2 Å². The van der Waals surface area contributed by atoms with E-state index in [-0.39, 0.29) is 5.76 Å². The van der Waals surface area contributed by atoms with Crippen molar-refractivity contribution in [2.45, 2.75) is 13.5 Å². The van der Waals surface area contributed by atoms with E-state index >= 15 is 0 Å². The Kier molecular flexibility index (Phi) is 6.13. The highest BCUT2D eigenvalue weighted by Gasteiger charge is 2.11. The molecule has 5 nitrogen and oxygen atoms in total. The van der Waals surface area contributed by atoms with Gasteiger partial charge in [-0.1, -0.05) is 48.0 Å². The average molecular weight is 510 g/mol. The number of carbonyl (C=O) groups excluding carboxylic acids is 1. The molecule has 0 aliphatic rings. The Hall–Kier alpha value is -3.13. The molecule has 0 saturated carbocycles. The van der Waals surface area contributed by atoms with E-state index < -0.39 is 5.91 Å². The summed E-state index contributed by atoms with van der Waals surface area (Å²) in [7, 11) is 0. The van der Waals surface area contributed by atoms with Gasteiger partial charge in [0, 0.05) is 5.39 Å². The molecule has 0 bridgehead atoms. The second-order valence-electron chi connectivity index (χ2n) is 6.82. The first-order chi connectivity index (χ1) is 14.6. The van der Waals surface area contributed by atoms with E-state index in [0.29, 0.717) is 12.2 Å². The largest absolute Gasteiger partial charge is 0.488 e. The molecule has 0 aliphatic carbocycles. The molecule has 6 heteroatoms. The Balaban J connectivity index is 1.36. The number of benzene rings is 3. The first-order valence-electron chi connectivity index (χ1n) is 9.38. The van der Waals surface area contributed by atoms with Crippen LogP contribution in [0, 0.1) is 10.5 Å². The lowest BCUT2D eigenvalue weighted by molar-refractivity contribution is 0.0929. The third kappa shape index (κ3) is 4.88. The number of nitrogens with one attached hydrogen (secondary N) is 1. The Morgan fingerprint density at radius 3 is 2.77 bits per heavy atom. The van der Waals surface area contributed by atoms with E-state index in [2.05, 4.69) is 52.2 Å². The summed E-state index contributed by atoms with van der Waals surface area (Å²) in [6.07, 6.45) is 1.59. The van der Waals surface area contributed by atoms with Crippen LogP contribution in [-0.4, -0.2) is 12.1 Å².